The summed E-state index contributed by atoms with van der Waals surface area (Å²) < 4.78 is 0. The van der Waals surface area contributed by atoms with E-state index in [1.807, 2.05) is 0 Å². The highest BCUT2D eigenvalue weighted by molar-refractivity contribution is 5.93. The Morgan fingerprint density at radius 2 is 1.92 bits per heavy atom. The number of anilines is 1. The predicted molar refractivity (Wildman–Crippen MR) is 90.2 cm³/mol. The number of amides is 1. The lowest BCUT2D eigenvalue weighted by Gasteiger charge is -2.20. The number of carboxylic acid groups (broad SMARTS) is 1. The Labute approximate surface area is 143 Å². The molecule has 6 nitrogen and oxygen atoms in total. The van der Waals surface area contributed by atoms with Gasteiger partial charge in [-0.15, -0.1) is 0 Å². The van der Waals surface area contributed by atoms with Crippen molar-refractivity contribution < 1.29 is 25.1 Å². The van der Waals surface area contributed by atoms with Crippen molar-refractivity contribution in [2.75, 3.05) is 11.9 Å². The van der Waals surface area contributed by atoms with Crippen molar-refractivity contribution in [2.45, 2.75) is 52.0 Å². The molecule has 0 aliphatic heterocycles. The minimum absolute atomic E-state index is 0.103. The molecule has 134 valence electrons. The summed E-state index contributed by atoms with van der Waals surface area (Å²) in [5, 5.41) is 24.8. The summed E-state index contributed by atoms with van der Waals surface area (Å²) in [7, 11) is 0. The van der Waals surface area contributed by atoms with Crippen LogP contribution in [0.4, 0.5) is 5.69 Å². The highest BCUT2D eigenvalue weighted by atomic mass is 16.4. The Hall–Kier alpha value is -2.08. The van der Waals surface area contributed by atoms with Crippen molar-refractivity contribution in [3.05, 3.63) is 24.3 Å². The quantitative estimate of drug-likeness (QED) is 0.515. The van der Waals surface area contributed by atoms with Gasteiger partial charge in [-0.25, -0.2) is 0 Å². The third kappa shape index (κ3) is 7.46. The lowest BCUT2D eigenvalue weighted by Crippen LogP contribution is -2.94. The highest BCUT2D eigenvalue weighted by Crippen LogP contribution is 2.14. The standard InChI is InChI=1S/C18H28N2O4/c1-3-5-6-13(4-2)12-19-16(18(23)24)11-17(22)20-14-7-9-15(21)10-8-14/h7-10,13,16,19,21H,3-6,11-12H2,1-2H3,(H,20,22)(H,23,24)/t13-,16+/m1/s1. The molecule has 1 rings (SSSR count). The Morgan fingerprint density at radius 3 is 2.46 bits per heavy atom. The van der Waals surface area contributed by atoms with E-state index in [0.29, 0.717) is 18.2 Å². The number of unbranched alkanes of at least 4 members (excludes halogenated alkanes) is 1. The van der Waals surface area contributed by atoms with Gasteiger partial charge in [-0.2, -0.15) is 0 Å². The highest BCUT2D eigenvalue weighted by Gasteiger charge is 2.20. The second-order valence-electron chi connectivity index (χ2n) is 6.11. The summed E-state index contributed by atoms with van der Waals surface area (Å²) in [6, 6.07) is 5.14. The fraction of sp³-hybridized carbons (Fsp3) is 0.556. The van der Waals surface area contributed by atoms with Crippen LogP contribution < -0.4 is 15.7 Å². The molecule has 0 aliphatic carbocycles. The lowest BCUT2D eigenvalue weighted by atomic mass is 9.99. The molecule has 0 aromatic heterocycles. The lowest BCUT2D eigenvalue weighted by molar-refractivity contribution is -0.687. The number of carboxylic acids is 1. The number of hydrogen-bond acceptors (Lipinski definition) is 4. The van der Waals surface area contributed by atoms with Crippen LogP contribution in [0.15, 0.2) is 24.3 Å². The Bertz CT molecular complexity index is 516. The molecular weight excluding hydrogens is 308 g/mol. The number of hydrogen-bond donors (Lipinski definition) is 3. The van der Waals surface area contributed by atoms with E-state index in [4.69, 9.17) is 0 Å². The van der Waals surface area contributed by atoms with Crippen molar-refractivity contribution in [3.8, 4) is 5.75 Å². The number of carbonyl (C=O) groups is 2. The summed E-state index contributed by atoms with van der Waals surface area (Å²) in [5.74, 6) is -1.05. The largest absolute Gasteiger partial charge is 0.544 e. The van der Waals surface area contributed by atoms with Gasteiger partial charge in [0, 0.05) is 11.6 Å². The summed E-state index contributed by atoms with van der Waals surface area (Å²) in [6.45, 7) is 4.91. The third-order valence-electron chi connectivity index (χ3n) is 4.16. The molecule has 0 saturated heterocycles. The SMILES string of the molecule is CCCC[C@@H](CC)C[NH2+][C@@H](CC(=O)Nc1ccc(O)cc1)C(=O)[O-]. The van der Waals surface area contributed by atoms with E-state index in [1.165, 1.54) is 12.1 Å². The van der Waals surface area contributed by atoms with Crippen LogP contribution in [0.25, 0.3) is 0 Å². The van der Waals surface area contributed by atoms with Crippen molar-refractivity contribution in [3.63, 3.8) is 0 Å². The minimum atomic E-state index is -1.22. The Balaban J connectivity index is 2.50. The van der Waals surface area contributed by atoms with Crippen LogP contribution in [-0.2, 0) is 9.59 Å². The van der Waals surface area contributed by atoms with Gasteiger partial charge < -0.3 is 25.6 Å². The number of quaternary nitrogens is 1. The third-order valence-corrected chi connectivity index (χ3v) is 4.16. The van der Waals surface area contributed by atoms with Gasteiger partial charge in [0.25, 0.3) is 0 Å². The average Bonchev–Trinajstić information content (AvgIpc) is 2.55. The molecule has 0 unspecified atom stereocenters. The van der Waals surface area contributed by atoms with E-state index >= 15 is 0 Å². The molecule has 2 atom stereocenters. The van der Waals surface area contributed by atoms with Crippen LogP contribution in [0.2, 0.25) is 0 Å². The number of nitrogens with two attached hydrogens (primary N) is 1. The number of rotatable bonds is 11. The van der Waals surface area contributed by atoms with Crippen LogP contribution in [-0.4, -0.2) is 29.6 Å². The number of phenols is 1. The molecule has 0 bridgehead atoms. The van der Waals surface area contributed by atoms with Crippen LogP contribution in [0.5, 0.6) is 5.75 Å². The normalized spacial score (nSPS) is 13.2. The fourth-order valence-electron chi connectivity index (χ4n) is 2.56. The molecule has 0 aliphatic rings. The van der Waals surface area contributed by atoms with E-state index in [1.54, 1.807) is 17.4 Å². The average molecular weight is 336 g/mol. The first-order valence-electron chi connectivity index (χ1n) is 8.59. The zero-order valence-electron chi connectivity index (χ0n) is 14.5. The van der Waals surface area contributed by atoms with Crippen molar-refractivity contribution in [2.24, 2.45) is 5.92 Å². The number of aliphatic carboxylic acids is 1. The van der Waals surface area contributed by atoms with Gasteiger partial charge in [0.2, 0.25) is 5.91 Å². The van der Waals surface area contributed by atoms with Crippen LogP contribution in [0, 0.1) is 5.92 Å². The van der Waals surface area contributed by atoms with Crippen molar-refractivity contribution in [1.82, 2.24) is 0 Å². The fourth-order valence-corrected chi connectivity index (χ4v) is 2.56. The van der Waals surface area contributed by atoms with Gasteiger partial charge in [0.1, 0.15) is 11.8 Å². The first kappa shape index (κ1) is 20.0. The van der Waals surface area contributed by atoms with E-state index in [-0.39, 0.29) is 18.1 Å². The maximum Gasteiger partial charge on any atom is 0.230 e. The van der Waals surface area contributed by atoms with Crippen LogP contribution in [0.1, 0.15) is 46.0 Å². The molecule has 6 heteroatoms. The maximum atomic E-state index is 12.0. The molecular formula is C18H28N2O4. The first-order chi connectivity index (χ1) is 11.5. The van der Waals surface area contributed by atoms with E-state index in [9.17, 15) is 19.8 Å². The zero-order chi connectivity index (χ0) is 17.9. The van der Waals surface area contributed by atoms with Crippen molar-refractivity contribution >= 4 is 17.6 Å². The summed E-state index contributed by atoms with van der Waals surface area (Å²) in [5.41, 5.74) is 0.518. The van der Waals surface area contributed by atoms with Crippen LogP contribution in [0.3, 0.4) is 0 Å². The number of benzene rings is 1. The second-order valence-corrected chi connectivity index (χ2v) is 6.11. The summed E-state index contributed by atoms with van der Waals surface area (Å²) in [6.07, 6.45) is 4.17. The molecule has 0 saturated carbocycles. The molecule has 24 heavy (non-hydrogen) atoms. The maximum absolute atomic E-state index is 12.0. The summed E-state index contributed by atoms with van der Waals surface area (Å²) in [4.78, 5) is 23.3. The van der Waals surface area contributed by atoms with Gasteiger partial charge in [-0.05, 0) is 37.1 Å². The van der Waals surface area contributed by atoms with E-state index < -0.39 is 12.0 Å². The monoisotopic (exact) mass is 336 g/mol. The zero-order valence-corrected chi connectivity index (χ0v) is 14.5. The van der Waals surface area contributed by atoms with E-state index in [2.05, 4.69) is 19.2 Å². The molecule has 0 heterocycles. The molecule has 0 radical (unpaired) electrons. The van der Waals surface area contributed by atoms with Crippen molar-refractivity contribution in [1.29, 1.82) is 0 Å². The van der Waals surface area contributed by atoms with Gasteiger partial charge in [-0.1, -0.05) is 26.7 Å². The number of phenolic OH excluding ortho intramolecular Hbond substituents is 1. The van der Waals surface area contributed by atoms with Gasteiger partial charge >= 0.3 is 0 Å². The molecule has 4 N–H and O–H groups in total. The van der Waals surface area contributed by atoms with Gasteiger partial charge in [0.15, 0.2) is 0 Å². The first-order valence-corrected chi connectivity index (χ1v) is 8.59. The smallest absolute Gasteiger partial charge is 0.230 e. The van der Waals surface area contributed by atoms with Crippen LogP contribution >= 0.6 is 0 Å². The molecule has 1 aromatic rings. The summed E-state index contributed by atoms with van der Waals surface area (Å²) >= 11 is 0. The Kier molecular flexibility index (Phi) is 8.86. The molecule has 1 aromatic carbocycles. The molecule has 0 fully saturated rings. The number of carbonyl (C=O) groups excluding carboxylic acids is 2. The molecule has 0 spiro atoms. The molecule has 1 amide bonds. The number of nitrogens with one attached hydrogen (secondary N) is 1. The van der Waals surface area contributed by atoms with Gasteiger partial charge in [-0.3, -0.25) is 4.79 Å². The second kappa shape index (κ2) is 10.6. The van der Waals surface area contributed by atoms with Gasteiger partial charge in [0.05, 0.1) is 18.9 Å². The Morgan fingerprint density at radius 1 is 1.25 bits per heavy atom. The number of aromatic hydroxyl groups is 1. The van der Waals surface area contributed by atoms with E-state index in [0.717, 1.165) is 25.7 Å². The minimum Gasteiger partial charge on any atom is -0.544 e. The predicted octanol–water partition coefficient (Wildman–Crippen LogP) is 0.619. The topological polar surface area (TPSA) is 106 Å².